The minimum Gasteiger partial charge on any atom is -0.377 e. The molecule has 1 saturated heterocycles. The molecule has 1 aliphatic heterocycles. The van der Waals surface area contributed by atoms with Crippen LogP contribution in [-0.4, -0.2) is 50.0 Å². The second-order valence-electron chi connectivity index (χ2n) is 6.33. The summed E-state index contributed by atoms with van der Waals surface area (Å²) < 4.78 is 7.00. The summed E-state index contributed by atoms with van der Waals surface area (Å²) in [6, 6.07) is 5.88. The Morgan fingerprint density at radius 3 is 2.80 bits per heavy atom. The van der Waals surface area contributed by atoms with Crippen molar-refractivity contribution >= 4 is 11.5 Å². The first-order valence-electron chi connectivity index (χ1n) is 8.49. The quantitative estimate of drug-likeness (QED) is 0.716. The molecule has 0 atom stereocenters. The summed E-state index contributed by atoms with van der Waals surface area (Å²) in [6.07, 6.45) is 3.79. The molecule has 4 heterocycles. The van der Waals surface area contributed by atoms with Gasteiger partial charge in [-0.3, -0.25) is 0 Å². The van der Waals surface area contributed by atoms with Gasteiger partial charge in [0.25, 0.3) is 0 Å². The number of ether oxygens (including phenoxy) is 1. The van der Waals surface area contributed by atoms with E-state index in [9.17, 15) is 0 Å². The number of nitrogens with zero attached hydrogens (tertiary/aromatic N) is 7. The van der Waals surface area contributed by atoms with Crippen LogP contribution < -0.4 is 4.90 Å². The standard InChI is InChI=1S/C17H21N7O/c1-12-3-4-16-20-21-17(24(16)22-12)13-6-9-23(10-7-13)15-5-8-18-14(19-15)11-25-2/h3-5,8,13H,6-7,9-11H2,1-2H3. The molecule has 4 rings (SSSR count). The van der Waals surface area contributed by atoms with Crippen molar-refractivity contribution in [2.45, 2.75) is 32.3 Å². The fourth-order valence-corrected chi connectivity index (χ4v) is 3.28. The van der Waals surface area contributed by atoms with Crippen molar-refractivity contribution in [2.75, 3.05) is 25.1 Å². The molecule has 8 nitrogen and oxygen atoms in total. The van der Waals surface area contributed by atoms with Crippen molar-refractivity contribution < 1.29 is 4.74 Å². The van der Waals surface area contributed by atoms with Gasteiger partial charge < -0.3 is 9.64 Å². The fraction of sp³-hybridized carbons (Fsp3) is 0.471. The Morgan fingerprint density at radius 2 is 2.00 bits per heavy atom. The lowest BCUT2D eigenvalue weighted by molar-refractivity contribution is 0.178. The molecule has 0 bridgehead atoms. The summed E-state index contributed by atoms with van der Waals surface area (Å²) in [5, 5.41) is 13.2. The topological polar surface area (TPSA) is 81.3 Å². The smallest absolute Gasteiger partial charge is 0.177 e. The van der Waals surface area contributed by atoms with Gasteiger partial charge in [-0.25, -0.2) is 9.97 Å². The molecule has 0 aliphatic carbocycles. The number of aryl methyl sites for hydroxylation is 1. The maximum atomic E-state index is 5.12. The summed E-state index contributed by atoms with van der Waals surface area (Å²) in [6.45, 7) is 4.27. The summed E-state index contributed by atoms with van der Waals surface area (Å²) in [7, 11) is 1.65. The normalized spacial score (nSPS) is 15.8. The maximum absolute atomic E-state index is 5.12. The molecule has 0 saturated carbocycles. The number of fused-ring (bicyclic) bond motifs is 1. The van der Waals surface area contributed by atoms with Crippen LogP contribution in [0.2, 0.25) is 0 Å². The third-order valence-electron chi connectivity index (χ3n) is 4.57. The summed E-state index contributed by atoms with van der Waals surface area (Å²) in [5.74, 6) is 2.99. The van der Waals surface area contributed by atoms with E-state index >= 15 is 0 Å². The Hall–Kier alpha value is -2.61. The van der Waals surface area contributed by atoms with E-state index in [0.29, 0.717) is 18.3 Å². The van der Waals surface area contributed by atoms with Crippen LogP contribution in [0.3, 0.4) is 0 Å². The largest absolute Gasteiger partial charge is 0.377 e. The van der Waals surface area contributed by atoms with Crippen LogP contribution in [0.4, 0.5) is 5.82 Å². The molecular formula is C17H21N7O. The zero-order valence-electron chi connectivity index (χ0n) is 14.5. The van der Waals surface area contributed by atoms with Gasteiger partial charge in [-0.2, -0.15) is 9.61 Å². The van der Waals surface area contributed by atoms with E-state index in [1.54, 1.807) is 13.3 Å². The number of rotatable bonds is 4. The third kappa shape index (κ3) is 3.17. The van der Waals surface area contributed by atoms with Crippen molar-refractivity contribution in [3.63, 3.8) is 0 Å². The number of anilines is 1. The van der Waals surface area contributed by atoms with Crippen molar-refractivity contribution in [1.29, 1.82) is 0 Å². The van der Waals surface area contributed by atoms with E-state index in [1.807, 2.05) is 29.6 Å². The second-order valence-corrected chi connectivity index (χ2v) is 6.33. The number of hydrogen-bond donors (Lipinski definition) is 0. The van der Waals surface area contributed by atoms with E-state index in [-0.39, 0.29) is 0 Å². The minimum absolute atomic E-state index is 0.362. The maximum Gasteiger partial charge on any atom is 0.177 e. The summed E-state index contributed by atoms with van der Waals surface area (Å²) in [4.78, 5) is 11.1. The van der Waals surface area contributed by atoms with Crippen molar-refractivity contribution in [2.24, 2.45) is 0 Å². The van der Waals surface area contributed by atoms with Crippen LogP contribution in [0.1, 0.15) is 36.1 Å². The van der Waals surface area contributed by atoms with Crippen LogP contribution in [0.5, 0.6) is 0 Å². The van der Waals surface area contributed by atoms with E-state index in [4.69, 9.17) is 4.74 Å². The molecule has 0 aromatic carbocycles. The summed E-state index contributed by atoms with van der Waals surface area (Å²) >= 11 is 0. The van der Waals surface area contributed by atoms with Gasteiger partial charge in [0.15, 0.2) is 17.3 Å². The molecule has 8 heteroatoms. The lowest BCUT2D eigenvalue weighted by atomic mass is 9.96. The van der Waals surface area contributed by atoms with Crippen LogP contribution >= 0.6 is 0 Å². The highest BCUT2D eigenvalue weighted by Gasteiger charge is 2.25. The third-order valence-corrected chi connectivity index (χ3v) is 4.57. The Labute approximate surface area is 145 Å². The highest BCUT2D eigenvalue weighted by atomic mass is 16.5. The monoisotopic (exact) mass is 339 g/mol. The average molecular weight is 339 g/mol. The van der Waals surface area contributed by atoms with Gasteiger partial charge in [0.2, 0.25) is 0 Å². The molecule has 0 unspecified atom stereocenters. The predicted molar refractivity (Wildman–Crippen MR) is 92.5 cm³/mol. The first-order chi connectivity index (χ1) is 12.2. The Morgan fingerprint density at radius 1 is 1.16 bits per heavy atom. The second kappa shape index (κ2) is 6.72. The molecule has 0 N–H and O–H groups in total. The highest BCUT2D eigenvalue weighted by Crippen LogP contribution is 2.28. The Balaban J connectivity index is 1.49. The molecular weight excluding hydrogens is 318 g/mol. The molecule has 1 aliphatic rings. The molecule has 1 fully saturated rings. The lowest BCUT2D eigenvalue weighted by Gasteiger charge is -2.32. The molecule has 0 spiro atoms. The molecule has 25 heavy (non-hydrogen) atoms. The van der Waals surface area contributed by atoms with Gasteiger partial charge in [0, 0.05) is 32.3 Å². The highest BCUT2D eigenvalue weighted by molar-refractivity contribution is 5.39. The first kappa shape index (κ1) is 15.9. The van der Waals surface area contributed by atoms with Gasteiger partial charge in [-0.1, -0.05) is 0 Å². The number of aromatic nitrogens is 6. The number of hydrogen-bond acceptors (Lipinski definition) is 7. The van der Waals surface area contributed by atoms with Gasteiger partial charge in [0.05, 0.1) is 5.69 Å². The molecule has 0 radical (unpaired) electrons. The number of piperidine rings is 1. The van der Waals surface area contributed by atoms with Crippen molar-refractivity contribution in [3.8, 4) is 0 Å². The molecule has 3 aromatic rings. The number of methoxy groups -OCH3 is 1. The van der Waals surface area contributed by atoms with E-state index in [2.05, 4.69) is 30.2 Å². The Bertz CT molecular complexity index is 870. The van der Waals surface area contributed by atoms with Gasteiger partial charge in [-0.05, 0) is 38.0 Å². The molecule has 130 valence electrons. The summed E-state index contributed by atoms with van der Waals surface area (Å²) in [5.41, 5.74) is 1.78. The van der Waals surface area contributed by atoms with E-state index in [0.717, 1.165) is 48.9 Å². The zero-order chi connectivity index (χ0) is 17.2. The first-order valence-corrected chi connectivity index (χ1v) is 8.49. The van der Waals surface area contributed by atoms with E-state index in [1.165, 1.54) is 0 Å². The fourth-order valence-electron chi connectivity index (χ4n) is 3.28. The minimum atomic E-state index is 0.362. The van der Waals surface area contributed by atoms with Crippen LogP contribution in [0.25, 0.3) is 5.65 Å². The lowest BCUT2D eigenvalue weighted by Crippen LogP contribution is -2.34. The molecule has 3 aromatic heterocycles. The van der Waals surface area contributed by atoms with Crippen LogP contribution in [-0.2, 0) is 11.3 Å². The van der Waals surface area contributed by atoms with Crippen molar-refractivity contribution in [3.05, 3.63) is 41.7 Å². The van der Waals surface area contributed by atoms with Crippen LogP contribution in [0.15, 0.2) is 24.4 Å². The van der Waals surface area contributed by atoms with Gasteiger partial charge in [0.1, 0.15) is 12.4 Å². The SMILES string of the molecule is COCc1nccc(N2CCC(c3nnc4ccc(C)nn34)CC2)n1. The van der Waals surface area contributed by atoms with Gasteiger partial charge in [-0.15, -0.1) is 10.2 Å². The average Bonchev–Trinajstić information content (AvgIpc) is 3.05. The van der Waals surface area contributed by atoms with Gasteiger partial charge >= 0.3 is 0 Å². The van der Waals surface area contributed by atoms with Crippen LogP contribution in [0, 0.1) is 6.92 Å². The molecule has 0 amide bonds. The van der Waals surface area contributed by atoms with Crippen molar-refractivity contribution in [1.82, 2.24) is 29.8 Å². The predicted octanol–water partition coefficient (Wildman–Crippen LogP) is 1.75. The Kier molecular flexibility index (Phi) is 4.27. The zero-order valence-corrected chi connectivity index (χ0v) is 14.5. The van der Waals surface area contributed by atoms with E-state index < -0.39 is 0 Å².